The van der Waals surface area contributed by atoms with E-state index in [1.807, 2.05) is 44.4 Å². The molecule has 1 atom stereocenters. The van der Waals surface area contributed by atoms with Crippen molar-refractivity contribution in [3.05, 3.63) is 42.0 Å². The molecule has 0 spiro atoms. The molecule has 4 rings (SSSR count). The van der Waals surface area contributed by atoms with Gasteiger partial charge in [-0.2, -0.15) is 4.98 Å². The fourth-order valence-electron chi connectivity index (χ4n) is 3.56. The van der Waals surface area contributed by atoms with Crippen LogP contribution < -0.4 is 4.90 Å². The minimum Gasteiger partial charge on any atom is -0.337 e. The van der Waals surface area contributed by atoms with Crippen molar-refractivity contribution in [2.45, 2.75) is 25.3 Å². The van der Waals surface area contributed by atoms with Crippen LogP contribution >= 0.6 is 0 Å². The van der Waals surface area contributed by atoms with Gasteiger partial charge < -0.3 is 18.9 Å². The van der Waals surface area contributed by atoms with E-state index in [0.29, 0.717) is 17.8 Å². The average molecular weight is 367 g/mol. The predicted octanol–water partition coefficient (Wildman–Crippen LogP) is 2.31. The Morgan fingerprint density at radius 1 is 1.19 bits per heavy atom. The molecule has 142 valence electrons. The second-order valence-corrected chi connectivity index (χ2v) is 7.32. The largest absolute Gasteiger partial charge is 0.337 e. The van der Waals surface area contributed by atoms with Gasteiger partial charge in [-0.05, 0) is 44.2 Å². The smallest absolute Gasteiger partial charge is 0.266 e. The molecule has 8 heteroatoms. The average Bonchev–Trinajstić information content (AvgIpc) is 3.30. The van der Waals surface area contributed by atoms with Crippen molar-refractivity contribution < 1.29 is 4.52 Å². The van der Waals surface area contributed by atoms with Crippen molar-refractivity contribution in [2.24, 2.45) is 7.05 Å². The summed E-state index contributed by atoms with van der Waals surface area (Å²) in [5, 5.41) is 13.0. The molecule has 1 aromatic carbocycles. The zero-order valence-electron chi connectivity index (χ0n) is 16.0. The molecule has 0 amide bonds. The lowest BCUT2D eigenvalue weighted by atomic mass is 9.97. The maximum atomic E-state index is 5.47. The Kier molecular flexibility index (Phi) is 4.89. The van der Waals surface area contributed by atoms with Crippen molar-refractivity contribution in [1.82, 2.24) is 29.8 Å². The SMILES string of the molecule is CN(C)Cc1nnc([C@H]2CCCN(c3noc(-c4ccccc4)n3)C2)n1C. The van der Waals surface area contributed by atoms with E-state index in [4.69, 9.17) is 4.52 Å². The van der Waals surface area contributed by atoms with Gasteiger partial charge in [0.2, 0.25) is 0 Å². The van der Waals surface area contributed by atoms with Gasteiger partial charge in [0.15, 0.2) is 0 Å². The van der Waals surface area contributed by atoms with Crippen LogP contribution in [0, 0.1) is 0 Å². The van der Waals surface area contributed by atoms with Gasteiger partial charge in [0, 0.05) is 31.6 Å². The van der Waals surface area contributed by atoms with Gasteiger partial charge in [-0.1, -0.05) is 18.2 Å². The van der Waals surface area contributed by atoms with E-state index in [2.05, 4.69) is 41.8 Å². The summed E-state index contributed by atoms with van der Waals surface area (Å²) in [5.74, 6) is 3.53. The summed E-state index contributed by atoms with van der Waals surface area (Å²) in [4.78, 5) is 8.89. The van der Waals surface area contributed by atoms with Gasteiger partial charge in [-0.15, -0.1) is 10.2 Å². The highest BCUT2D eigenvalue weighted by atomic mass is 16.5. The number of hydrogen-bond donors (Lipinski definition) is 0. The minimum absolute atomic E-state index is 0.311. The van der Waals surface area contributed by atoms with Crippen LogP contribution in [0.4, 0.5) is 5.95 Å². The summed E-state index contributed by atoms with van der Waals surface area (Å²) >= 11 is 0. The molecule has 0 unspecified atom stereocenters. The van der Waals surface area contributed by atoms with Crippen LogP contribution in [0.25, 0.3) is 11.5 Å². The van der Waals surface area contributed by atoms with Crippen LogP contribution in [-0.4, -0.2) is 57.0 Å². The van der Waals surface area contributed by atoms with Gasteiger partial charge in [0.05, 0.1) is 6.54 Å². The maximum absolute atomic E-state index is 5.47. The van der Waals surface area contributed by atoms with Crippen molar-refractivity contribution in [1.29, 1.82) is 0 Å². The lowest BCUT2D eigenvalue weighted by Crippen LogP contribution is -2.36. The molecule has 27 heavy (non-hydrogen) atoms. The molecular weight excluding hydrogens is 342 g/mol. The molecule has 0 saturated carbocycles. The van der Waals surface area contributed by atoms with Gasteiger partial charge in [0.25, 0.3) is 11.8 Å². The van der Waals surface area contributed by atoms with Gasteiger partial charge in [0.1, 0.15) is 11.6 Å². The zero-order valence-corrected chi connectivity index (χ0v) is 16.0. The molecule has 1 aliphatic rings. The second kappa shape index (κ2) is 7.48. The number of hydrogen-bond acceptors (Lipinski definition) is 7. The maximum Gasteiger partial charge on any atom is 0.266 e. The number of nitrogens with zero attached hydrogens (tertiary/aromatic N) is 7. The van der Waals surface area contributed by atoms with Crippen LogP contribution in [0.5, 0.6) is 0 Å². The van der Waals surface area contributed by atoms with E-state index in [1.54, 1.807) is 0 Å². The molecule has 1 aliphatic heterocycles. The Labute approximate surface area is 158 Å². The van der Waals surface area contributed by atoms with Crippen molar-refractivity contribution in [2.75, 3.05) is 32.1 Å². The Morgan fingerprint density at radius 2 is 2.00 bits per heavy atom. The minimum atomic E-state index is 0.311. The summed E-state index contributed by atoms with van der Waals surface area (Å²) in [6, 6.07) is 9.86. The van der Waals surface area contributed by atoms with Crippen molar-refractivity contribution >= 4 is 5.95 Å². The topological polar surface area (TPSA) is 76.1 Å². The predicted molar refractivity (Wildman–Crippen MR) is 102 cm³/mol. The number of aromatic nitrogens is 5. The molecule has 3 heterocycles. The Morgan fingerprint density at radius 3 is 2.78 bits per heavy atom. The van der Waals surface area contributed by atoms with Crippen LogP contribution in [0.15, 0.2) is 34.9 Å². The summed E-state index contributed by atoms with van der Waals surface area (Å²) in [6.07, 6.45) is 2.16. The first kappa shape index (κ1) is 17.7. The molecule has 3 aromatic rings. The van der Waals surface area contributed by atoms with Crippen LogP contribution in [0.2, 0.25) is 0 Å². The van der Waals surface area contributed by atoms with E-state index < -0.39 is 0 Å². The highest BCUT2D eigenvalue weighted by Crippen LogP contribution is 2.29. The van der Waals surface area contributed by atoms with E-state index in [9.17, 15) is 0 Å². The van der Waals surface area contributed by atoms with E-state index in [0.717, 1.165) is 49.7 Å². The fraction of sp³-hybridized carbons (Fsp3) is 0.474. The molecule has 0 bridgehead atoms. The van der Waals surface area contributed by atoms with Gasteiger partial charge in [-0.3, -0.25) is 0 Å². The first-order valence-corrected chi connectivity index (χ1v) is 9.29. The highest BCUT2D eigenvalue weighted by molar-refractivity contribution is 5.54. The quantitative estimate of drug-likeness (QED) is 0.685. The van der Waals surface area contributed by atoms with E-state index in [1.165, 1.54) is 0 Å². The number of rotatable bonds is 5. The molecular formula is C19H25N7O. The summed E-state index contributed by atoms with van der Waals surface area (Å²) in [5.41, 5.74) is 0.937. The third kappa shape index (κ3) is 3.71. The second-order valence-electron chi connectivity index (χ2n) is 7.32. The first-order chi connectivity index (χ1) is 13.1. The van der Waals surface area contributed by atoms with Gasteiger partial charge in [-0.25, -0.2) is 0 Å². The van der Waals surface area contributed by atoms with E-state index >= 15 is 0 Å². The molecule has 1 saturated heterocycles. The standard InChI is InChI=1S/C19H25N7O/c1-24(2)13-16-21-22-17(25(16)3)15-10-7-11-26(12-15)19-20-18(27-23-19)14-8-5-4-6-9-14/h4-6,8-9,15H,7,10-13H2,1-3H3/t15-/m0/s1. The lowest BCUT2D eigenvalue weighted by molar-refractivity contribution is 0.381. The Hall–Kier alpha value is -2.74. The van der Waals surface area contributed by atoms with Crippen molar-refractivity contribution in [3.63, 3.8) is 0 Å². The number of piperidine rings is 1. The number of anilines is 1. The molecule has 8 nitrogen and oxygen atoms in total. The Balaban J connectivity index is 1.51. The zero-order chi connectivity index (χ0) is 18.8. The van der Waals surface area contributed by atoms with Gasteiger partial charge >= 0.3 is 0 Å². The van der Waals surface area contributed by atoms with Crippen LogP contribution in [0.1, 0.15) is 30.4 Å². The molecule has 2 aromatic heterocycles. The number of benzene rings is 1. The normalized spacial score (nSPS) is 17.6. The summed E-state index contributed by atoms with van der Waals surface area (Å²) < 4.78 is 7.60. The van der Waals surface area contributed by atoms with Crippen LogP contribution in [-0.2, 0) is 13.6 Å². The summed E-state index contributed by atoms with van der Waals surface area (Å²) in [6.45, 7) is 2.53. The Bertz CT molecular complexity index is 887. The monoisotopic (exact) mass is 367 g/mol. The van der Waals surface area contributed by atoms with Crippen LogP contribution in [0.3, 0.4) is 0 Å². The molecule has 1 fully saturated rings. The third-order valence-electron chi connectivity index (χ3n) is 4.96. The van der Waals surface area contributed by atoms with E-state index in [-0.39, 0.29) is 0 Å². The molecule has 0 aliphatic carbocycles. The molecule has 0 N–H and O–H groups in total. The lowest BCUT2D eigenvalue weighted by Gasteiger charge is -2.31. The fourth-order valence-corrected chi connectivity index (χ4v) is 3.56. The first-order valence-electron chi connectivity index (χ1n) is 9.29. The molecule has 0 radical (unpaired) electrons. The third-order valence-corrected chi connectivity index (χ3v) is 4.96. The summed E-state index contributed by atoms with van der Waals surface area (Å²) in [7, 11) is 6.13. The van der Waals surface area contributed by atoms with Crippen molar-refractivity contribution in [3.8, 4) is 11.5 Å². The highest BCUT2D eigenvalue weighted by Gasteiger charge is 2.28.